The van der Waals surface area contributed by atoms with Crippen LogP contribution in [-0.2, 0) is 9.53 Å². The van der Waals surface area contributed by atoms with Gasteiger partial charge in [0.1, 0.15) is 0 Å². The molecule has 0 spiro atoms. The number of carbonyl (C=O) groups excluding carboxylic acids is 1. The van der Waals surface area contributed by atoms with E-state index in [-0.39, 0.29) is 12.0 Å². The summed E-state index contributed by atoms with van der Waals surface area (Å²) in [5.41, 5.74) is 1.45. The van der Waals surface area contributed by atoms with Crippen LogP contribution in [0.4, 0.5) is 0 Å². The van der Waals surface area contributed by atoms with Crippen molar-refractivity contribution in [1.82, 2.24) is 10.6 Å². The highest BCUT2D eigenvalue weighted by Gasteiger charge is 2.32. The van der Waals surface area contributed by atoms with E-state index in [1.165, 1.54) is 7.11 Å². The van der Waals surface area contributed by atoms with Crippen molar-refractivity contribution in [3.8, 4) is 0 Å². The SMILES string of the molecule is CCCC1=C(C(=O)OC)C(c2ccc(Br)s2)NC(=S)N1. The Balaban J connectivity index is 2.48. The van der Waals surface area contributed by atoms with Crippen LogP contribution in [0, 0.1) is 0 Å². The van der Waals surface area contributed by atoms with Gasteiger partial charge in [-0.25, -0.2) is 4.79 Å². The molecule has 0 bridgehead atoms. The molecule has 1 aromatic rings. The minimum Gasteiger partial charge on any atom is -0.466 e. The number of methoxy groups -OCH3 is 1. The third-order valence-electron chi connectivity index (χ3n) is 2.94. The molecule has 20 heavy (non-hydrogen) atoms. The topological polar surface area (TPSA) is 50.4 Å². The van der Waals surface area contributed by atoms with Gasteiger partial charge in [0.2, 0.25) is 0 Å². The zero-order valence-electron chi connectivity index (χ0n) is 11.2. The lowest BCUT2D eigenvalue weighted by atomic mass is 9.99. The Hall–Kier alpha value is -0.920. The van der Waals surface area contributed by atoms with Crippen molar-refractivity contribution in [2.24, 2.45) is 0 Å². The van der Waals surface area contributed by atoms with E-state index in [0.29, 0.717) is 10.7 Å². The quantitative estimate of drug-likeness (QED) is 0.625. The summed E-state index contributed by atoms with van der Waals surface area (Å²) in [7, 11) is 1.40. The summed E-state index contributed by atoms with van der Waals surface area (Å²) in [6.45, 7) is 2.06. The summed E-state index contributed by atoms with van der Waals surface area (Å²) in [5.74, 6) is -0.328. The summed E-state index contributed by atoms with van der Waals surface area (Å²) in [6, 6.07) is 3.68. The number of thiophene rings is 1. The van der Waals surface area contributed by atoms with E-state index >= 15 is 0 Å². The van der Waals surface area contributed by atoms with Crippen LogP contribution in [0.25, 0.3) is 0 Å². The second kappa shape index (κ2) is 6.69. The molecule has 0 saturated carbocycles. The monoisotopic (exact) mass is 374 g/mol. The first-order valence-electron chi connectivity index (χ1n) is 6.21. The third kappa shape index (κ3) is 3.21. The predicted octanol–water partition coefficient (Wildman–Crippen LogP) is 3.26. The van der Waals surface area contributed by atoms with Crippen LogP contribution in [0.5, 0.6) is 0 Å². The van der Waals surface area contributed by atoms with E-state index in [1.54, 1.807) is 11.3 Å². The minimum absolute atomic E-state index is 0.256. The van der Waals surface area contributed by atoms with Crippen molar-refractivity contribution in [3.63, 3.8) is 0 Å². The second-order valence-corrected chi connectivity index (χ2v) is 7.21. The Morgan fingerprint density at radius 2 is 2.30 bits per heavy atom. The Labute approximate surface area is 135 Å². The fourth-order valence-corrected chi connectivity index (χ4v) is 3.84. The zero-order chi connectivity index (χ0) is 14.7. The smallest absolute Gasteiger partial charge is 0.338 e. The van der Waals surface area contributed by atoms with Crippen molar-refractivity contribution in [3.05, 3.63) is 32.1 Å². The third-order valence-corrected chi connectivity index (χ3v) is 4.85. The van der Waals surface area contributed by atoms with Gasteiger partial charge in [-0.15, -0.1) is 11.3 Å². The molecule has 1 atom stereocenters. The summed E-state index contributed by atoms with van der Waals surface area (Å²) < 4.78 is 5.95. The fraction of sp³-hybridized carbons (Fsp3) is 0.385. The van der Waals surface area contributed by atoms with E-state index in [4.69, 9.17) is 17.0 Å². The number of rotatable bonds is 4. The minimum atomic E-state index is -0.328. The van der Waals surface area contributed by atoms with Crippen LogP contribution in [-0.4, -0.2) is 18.2 Å². The van der Waals surface area contributed by atoms with E-state index in [1.807, 2.05) is 12.1 Å². The molecule has 0 fully saturated rings. The first-order chi connectivity index (χ1) is 9.56. The molecule has 0 amide bonds. The number of halogens is 1. The zero-order valence-corrected chi connectivity index (χ0v) is 14.4. The lowest BCUT2D eigenvalue weighted by Gasteiger charge is -2.30. The van der Waals surface area contributed by atoms with Gasteiger partial charge in [0.15, 0.2) is 5.11 Å². The van der Waals surface area contributed by atoms with Gasteiger partial charge in [0, 0.05) is 10.6 Å². The molecule has 1 aliphatic heterocycles. The largest absolute Gasteiger partial charge is 0.466 e. The maximum atomic E-state index is 12.1. The van der Waals surface area contributed by atoms with Crippen molar-refractivity contribution >= 4 is 50.6 Å². The van der Waals surface area contributed by atoms with E-state index in [2.05, 4.69) is 33.5 Å². The van der Waals surface area contributed by atoms with E-state index in [0.717, 1.165) is 27.2 Å². The predicted molar refractivity (Wildman–Crippen MR) is 87.6 cm³/mol. The lowest BCUT2D eigenvalue weighted by molar-refractivity contribution is -0.136. The molecule has 1 unspecified atom stereocenters. The number of ether oxygens (including phenoxy) is 1. The van der Waals surface area contributed by atoms with Crippen LogP contribution < -0.4 is 10.6 Å². The van der Waals surface area contributed by atoms with Gasteiger partial charge < -0.3 is 15.4 Å². The molecule has 2 N–H and O–H groups in total. The fourth-order valence-electron chi connectivity index (χ4n) is 2.11. The highest BCUT2D eigenvalue weighted by molar-refractivity contribution is 9.11. The number of allylic oxidation sites excluding steroid dienone is 1. The standard InChI is InChI=1S/C13H15BrN2O2S2/c1-3-4-7-10(12(17)18-2)11(16-13(19)15-7)8-5-6-9(14)20-8/h5-6,11H,3-4H2,1-2H3,(H2,15,16,19). The van der Waals surface area contributed by atoms with Gasteiger partial charge in [0.25, 0.3) is 0 Å². The molecule has 2 rings (SSSR count). The van der Waals surface area contributed by atoms with Gasteiger partial charge in [-0.05, 0) is 46.7 Å². The van der Waals surface area contributed by atoms with Gasteiger partial charge in [0.05, 0.1) is 22.5 Å². The van der Waals surface area contributed by atoms with Gasteiger partial charge in [-0.1, -0.05) is 13.3 Å². The van der Waals surface area contributed by atoms with E-state index < -0.39 is 0 Å². The molecular formula is C13H15BrN2O2S2. The molecule has 0 aromatic carbocycles. The highest BCUT2D eigenvalue weighted by atomic mass is 79.9. The van der Waals surface area contributed by atoms with Crippen LogP contribution in [0.1, 0.15) is 30.7 Å². The normalized spacial score (nSPS) is 18.6. The van der Waals surface area contributed by atoms with Crippen molar-refractivity contribution in [2.45, 2.75) is 25.8 Å². The molecule has 0 saturated heterocycles. The average molecular weight is 375 g/mol. The number of hydrogen-bond donors (Lipinski definition) is 2. The molecule has 7 heteroatoms. The van der Waals surface area contributed by atoms with Crippen LogP contribution in [0.15, 0.2) is 27.2 Å². The van der Waals surface area contributed by atoms with Gasteiger partial charge >= 0.3 is 5.97 Å². The molecule has 2 heterocycles. The molecule has 108 valence electrons. The van der Waals surface area contributed by atoms with Crippen LogP contribution >= 0.6 is 39.5 Å². The summed E-state index contributed by atoms with van der Waals surface area (Å²) in [4.78, 5) is 13.2. The molecular weight excluding hydrogens is 360 g/mol. The maximum absolute atomic E-state index is 12.1. The summed E-state index contributed by atoms with van der Waals surface area (Å²) in [6.07, 6.45) is 1.68. The molecule has 1 aromatic heterocycles. The number of thiocarbonyl (C=S) groups is 1. The highest BCUT2D eigenvalue weighted by Crippen LogP contribution is 2.34. The molecule has 0 aliphatic carbocycles. The number of carbonyl (C=O) groups is 1. The first kappa shape index (κ1) is 15.5. The Kier molecular flexibility index (Phi) is 5.17. The van der Waals surface area contributed by atoms with Crippen LogP contribution in [0.3, 0.4) is 0 Å². The Morgan fingerprint density at radius 3 is 2.85 bits per heavy atom. The van der Waals surface area contributed by atoms with Gasteiger partial charge in [-0.2, -0.15) is 0 Å². The number of hydrogen-bond acceptors (Lipinski definition) is 4. The molecule has 1 aliphatic rings. The number of nitrogens with one attached hydrogen (secondary N) is 2. The van der Waals surface area contributed by atoms with Gasteiger partial charge in [-0.3, -0.25) is 0 Å². The Bertz CT molecular complexity index is 568. The second-order valence-electron chi connectivity index (χ2n) is 4.31. The summed E-state index contributed by atoms with van der Waals surface area (Å²) in [5, 5.41) is 6.77. The molecule has 0 radical (unpaired) electrons. The number of esters is 1. The maximum Gasteiger partial charge on any atom is 0.338 e. The van der Waals surface area contributed by atoms with Crippen molar-refractivity contribution < 1.29 is 9.53 Å². The Morgan fingerprint density at radius 1 is 1.55 bits per heavy atom. The van der Waals surface area contributed by atoms with Crippen molar-refractivity contribution in [2.75, 3.05) is 7.11 Å². The van der Waals surface area contributed by atoms with Crippen molar-refractivity contribution in [1.29, 1.82) is 0 Å². The first-order valence-corrected chi connectivity index (χ1v) is 8.22. The summed E-state index contributed by atoms with van der Waals surface area (Å²) >= 11 is 10.3. The van der Waals surface area contributed by atoms with Crippen LogP contribution in [0.2, 0.25) is 0 Å². The average Bonchev–Trinajstić information content (AvgIpc) is 2.84. The lowest BCUT2D eigenvalue weighted by Crippen LogP contribution is -2.45. The van der Waals surface area contributed by atoms with E-state index in [9.17, 15) is 4.79 Å². The molecule has 4 nitrogen and oxygen atoms in total.